The fourth-order valence-corrected chi connectivity index (χ4v) is 2.27. The first-order valence-corrected chi connectivity index (χ1v) is 7.02. The molecule has 18 heavy (non-hydrogen) atoms. The highest BCUT2D eigenvalue weighted by atomic mass is 32.1. The third-order valence-corrected chi connectivity index (χ3v) is 3.21. The lowest BCUT2D eigenvalue weighted by Crippen LogP contribution is -2.26. The molecule has 0 aliphatic rings. The van der Waals surface area contributed by atoms with Crippen LogP contribution in [0.15, 0.2) is 11.6 Å². The van der Waals surface area contributed by atoms with Gasteiger partial charge in [0.25, 0.3) is 0 Å². The Hall–Kier alpha value is -0.980. The van der Waals surface area contributed by atoms with E-state index in [0.717, 1.165) is 11.4 Å². The number of carbonyl (C=O) groups is 1. The summed E-state index contributed by atoms with van der Waals surface area (Å²) in [6, 6.07) is 0.260. The molecule has 1 aromatic rings. The summed E-state index contributed by atoms with van der Waals surface area (Å²) >= 11 is 1.64. The SMILES string of the molecule is CCOC(=O)COCCNC(CC)c1nccs1. The number of aromatic nitrogens is 1. The van der Waals surface area contributed by atoms with Crippen LogP contribution in [0.4, 0.5) is 0 Å². The van der Waals surface area contributed by atoms with Crippen molar-refractivity contribution in [2.75, 3.05) is 26.4 Å². The molecule has 1 aromatic heterocycles. The van der Waals surface area contributed by atoms with Gasteiger partial charge >= 0.3 is 5.97 Å². The average molecular weight is 272 g/mol. The summed E-state index contributed by atoms with van der Waals surface area (Å²) < 4.78 is 9.96. The summed E-state index contributed by atoms with van der Waals surface area (Å²) in [7, 11) is 0. The molecule has 0 spiro atoms. The van der Waals surface area contributed by atoms with Gasteiger partial charge in [0.2, 0.25) is 0 Å². The van der Waals surface area contributed by atoms with Crippen molar-refractivity contribution >= 4 is 17.3 Å². The van der Waals surface area contributed by atoms with Gasteiger partial charge in [0, 0.05) is 18.1 Å². The first-order valence-electron chi connectivity index (χ1n) is 6.14. The highest BCUT2D eigenvalue weighted by molar-refractivity contribution is 7.09. The molecule has 0 aliphatic heterocycles. The van der Waals surface area contributed by atoms with Gasteiger partial charge in [0.15, 0.2) is 0 Å². The Labute approximate surface area is 112 Å². The van der Waals surface area contributed by atoms with Gasteiger partial charge in [-0.15, -0.1) is 11.3 Å². The van der Waals surface area contributed by atoms with Gasteiger partial charge in [0.05, 0.1) is 19.3 Å². The minimum Gasteiger partial charge on any atom is -0.464 e. The first-order chi connectivity index (χ1) is 8.77. The molecular weight excluding hydrogens is 252 g/mol. The summed E-state index contributed by atoms with van der Waals surface area (Å²) in [5.74, 6) is -0.315. The fourth-order valence-electron chi connectivity index (χ4n) is 1.48. The van der Waals surface area contributed by atoms with Crippen LogP contribution < -0.4 is 5.32 Å². The first kappa shape index (κ1) is 15.1. The van der Waals surface area contributed by atoms with E-state index < -0.39 is 0 Å². The maximum atomic E-state index is 11.0. The van der Waals surface area contributed by atoms with E-state index >= 15 is 0 Å². The zero-order valence-electron chi connectivity index (χ0n) is 10.8. The molecule has 1 unspecified atom stereocenters. The predicted octanol–water partition coefficient (Wildman–Crippen LogP) is 1.76. The number of hydrogen-bond acceptors (Lipinski definition) is 6. The van der Waals surface area contributed by atoms with Crippen LogP contribution in [0.1, 0.15) is 31.3 Å². The molecule has 1 rings (SSSR count). The molecule has 0 amide bonds. The van der Waals surface area contributed by atoms with Crippen molar-refractivity contribution in [3.05, 3.63) is 16.6 Å². The Morgan fingerprint density at radius 3 is 3.00 bits per heavy atom. The van der Waals surface area contributed by atoms with Crippen molar-refractivity contribution in [2.45, 2.75) is 26.3 Å². The third-order valence-electron chi connectivity index (χ3n) is 2.32. The molecule has 1 atom stereocenters. The smallest absolute Gasteiger partial charge is 0.332 e. The van der Waals surface area contributed by atoms with Crippen LogP contribution in [0.5, 0.6) is 0 Å². The molecule has 6 heteroatoms. The van der Waals surface area contributed by atoms with Gasteiger partial charge in [-0.1, -0.05) is 6.92 Å². The number of ether oxygens (including phenoxy) is 2. The molecule has 5 nitrogen and oxygen atoms in total. The molecule has 102 valence electrons. The highest BCUT2D eigenvalue weighted by Crippen LogP contribution is 2.18. The summed E-state index contributed by atoms with van der Waals surface area (Å²) in [5.41, 5.74) is 0. The van der Waals surface area contributed by atoms with Crippen molar-refractivity contribution in [2.24, 2.45) is 0 Å². The molecule has 0 saturated heterocycles. The van der Waals surface area contributed by atoms with Crippen molar-refractivity contribution in [1.29, 1.82) is 0 Å². The number of hydrogen-bond donors (Lipinski definition) is 1. The monoisotopic (exact) mass is 272 g/mol. The van der Waals surface area contributed by atoms with E-state index in [-0.39, 0.29) is 18.6 Å². The Morgan fingerprint density at radius 2 is 2.39 bits per heavy atom. The largest absolute Gasteiger partial charge is 0.464 e. The lowest BCUT2D eigenvalue weighted by molar-refractivity contribution is -0.148. The van der Waals surface area contributed by atoms with Crippen molar-refractivity contribution < 1.29 is 14.3 Å². The quantitative estimate of drug-likeness (QED) is 0.548. The average Bonchev–Trinajstić information content (AvgIpc) is 2.88. The Morgan fingerprint density at radius 1 is 1.56 bits per heavy atom. The predicted molar refractivity (Wildman–Crippen MR) is 70.6 cm³/mol. The summed E-state index contributed by atoms with van der Waals surface area (Å²) in [4.78, 5) is 15.3. The molecule has 0 saturated carbocycles. The van der Waals surface area contributed by atoms with Gasteiger partial charge in [0.1, 0.15) is 11.6 Å². The number of nitrogens with one attached hydrogen (secondary N) is 1. The van der Waals surface area contributed by atoms with E-state index in [9.17, 15) is 4.79 Å². The molecular formula is C12H20N2O3S. The van der Waals surface area contributed by atoms with E-state index in [4.69, 9.17) is 9.47 Å². The van der Waals surface area contributed by atoms with Crippen LogP contribution in [-0.4, -0.2) is 37.3 Å². The van der Waals surface area contributed by atoms with Gasteiger partial charge in [-0.05, 0) is 13.3 Å². The molecule has 1 N–H and O–H groups in total. The Bertz CT molecular complexity index is 330. The van der Waals surface area contributed by atoms with Gasteiger partial charge < -0.3 is 14.8 Å². The standard InChI is InChI=1S/C12H20N2O3S/c1-3-10(12-14-6-8-18-12)13-5-7-16-9-11(15)17-4-2/h6,8,10,13H,3-5,7,9H2,1-2H3. The van der Waals surface area contributed by atoms with Crippen LogP contribution in [0, 0.1) is 0 Å². The number of rotatable bonds is 9. The zero-order valence-corrected chi connectivity index (χ0v) is 11.7. The van der Waals surface area contributed by atoms with E-state index in [1.165, 1.54) is 0 Å². The number of esters is 1. The maximum absolute atomic E-state index is 11.0. The second-order valence-corrected chi connectivity index (χ2v) is 4.57. The second-order valence-electron chi connectivity index (χ2n) is 3.64. The van der Waals surface area contributed by atoms with Crippen molar-refractivity contribution in [3.63, 3.8) is 0 Å². The molecule has 0 bridgehead atoms. The molecule has 0 radical (unpaired) electrons. The Kier molecular flexibility index (Phi) is 7.55. The van der Waals surface area contributed by atoms with Crippen LogP contribution in [0.2, 0.25) is 0 Å². The van der Waals surface area contributed by atoms with Crippen LogP contribution >= 0.6 is 11.3 Å². The number of thiazole rings is 1. The van der Waals surface area contributed by atoms with Crippen molar-refractivity contribution in [1.82, 2.24) is 10.3 Å². The maximum Gasteiger partial charge on any atom is 0.332 e. The Balaban J connectivity index is 2.11. The topological polar surface area (TPSA) is 60.5 Å². The normalized spacial score (nSPS) is 12.3. The molecule has 0 aliphatic carbocycles. The molecule has 0 aromatic carbocycles. The highest BCUT2D eigenvalue weighted by Gasteiger charge is 2.10. The fraction of sp³-hybridized carbons (Fsp3) is 0.667. The summed E-state index contributed by atoms with van der Waals surface area (Å²) in [5, 5.41) is 6.40. The van der Waals surface area contributed by atoms with E-state index in [1.807, 2.05) is 11.6 Å². The molecule has 0 fully saturated rings. The van der Waals surface area contributed by atoms with Crippen LogP contribution in [0.25, 0.3) is 0 Å². The van der Waals surface area contributed by atoms with Gasteiger partial charge in [-0.2, -0.15) is 0 Å². The summed E-state index contributed by atoms with van der Waals surface area (Å²) in [6.45, 7) is 5.47. The third kappa shape index (κ3) is 5.57. The minimum atomic E-state index is -0.315. The second kappa shape index (κ2) is 9.02. The van der Waals surface area contributed by atoms with Gasteiger partial charge in [-0.3, -0.25) is 0 Å². The van der Waals surface area contributed by atoms with Crippen LogP contribution in [0.3, 0.4) is 0 Å². The number of carbonyl (C=O) groups excluding carboxylic acids is 1. The molecule has 1 heterocycles. The van der Waals surface area contributed by atoms with Crippen molar-refractivity contribution in [3.8, 4) is 0 Å². The minimum absolute atomic E-state index is 0.0174. The van der Waals surface area contributed by atoms with Crippen LogP contribution in [-0.2, 0) is 14.3 Å². The van der Waals surface area contributed by atoms with E-state index in [2.05, 4.69) is 17.2 Å². The number of nitrogens with zero attached hydrogens (tertiary/aromatic N) is 1. The zero-order chi connectivity index (χ0) is 13.2. The lowest BCUT2D eigenvalue weighted by atomic mass is 10.2. The van der Waals surface area contributed by atoms with E-state index in [0.29, 0.717) is 19.8 Å². The van der Waals surface area contributed by atoms with Gasteiger partial charge in [-0.25, -0.2) is 9.78 Å². The summed E-state index contributed by atoms with van der Waals surface area (Å²) in [6.07, 6.45) is 2.78. The van der Waals surface area contributed by atoms with E-state index in [1.54, 1.807) is 18.3 Å². The lowest BCUT2D eigenvalue weighted by Gasteiger charge is -2.14.